The highest BCUT2D eigenvalue weighted by Crippen LogP contribution is 1.75. The maximum absolute atomic E-state index is 5.05. The fourth-order valence-corrected chi connectivity index (χ4v) is 0. The lowest BCUT2D eigenvalue weighted by molar-refractivity contribution is 1.52. The van der Waals surface area contributed by atoms with Crippen LogP contribution < -0.4 is 6.15 Å². The van der Waals surface area contributed by atoms with Crippen LogP contribution in [0.4, 0.5) is 0 Å². The summed E-state index contributed by atoms with van der Waals surface area (Å²) in [6.07, 6.45) is 0. The van der Waals surface area contributed by atoms with Crippen LogP contribution in [0.1, 0.15) is 0 Å². The molecule has 1 nitrogen and oxygen atoms in total. The van der Waals surface area contributed by atoms with Crippen molar-refractivity contribution in [3.8, 4) is 0 Å². The lowest BCUT2D eigenvalue weighted by Crippen LogP contribution is -1.63. The zero-order valence-electron chi connectivity index (χ0n) is 3.29. The molecule has 0 radical (unpaired) electrons. The van der Waals surface area contributed by atoms with E-state index in [9.17, 15) is 0 Å². The average molecular weight is 152 g/mol. The first-order chi connectivity index (χ1) is 1.91. The van der Waals surface area contributed by atoms with Gasteiger partial charge in [0, 0.05) is 11.8 Å². The summed E-state index contributed by atoms with van der Waals surface area (Å²) in [7, 11) is 0. The molecule has 0 heterocycles. The second-order valence-corrected chi connectivity index (χ2v) is 1.13. The van der Waals surface area contributed by atoms with Gasteiger partial charge in [0.1, 0.15) is 0 Å². The molecule has 0 aliphatic heterocycles. The molecule has 0 aromatic rings. The number of alkyl halides is 2. The van der Waals surface area contributed by atoms with Gasteiger partial charge >= 0.3 is 0 Å². The van der Waals surface area contributed by atoms with E-state index < -0.39 is 0 Å². The molecule has 0 aliphatic rings. The standard InChI is InChI=1S/C2H4Cl2.ClH.H3N/c3-1-2-4;;/h1-2H2;1H;1H3. The first kappa shape index (κ1) is 15.8. The Balaban J connectivity index is -0.0000000450. The molecule has 6 heavy (non-hydrogen) atoms. The topological polar surface area (TPSA) is 35.0 Å². The number of hydrogen-bond acceptors (Lipinski definition) is 1. The minimum absolute atomic E-state index is 0. The molecule has 0 spiro atoms. The molecule has 0 fully saturated rings. The van der Waals surface area contributed by atoms with E-state index >= 15 is 0 Å². The maximum atomic E-state index is 5.05. The summed E-state index contributed by atoms with van der Waals surface area (Å²) in [5.41, 5.74) is 0. The Labute approximate surface area is 54.0 Å². The fraction of sp³-hybridized carbons (Fsp3) is 1.00. The summed E-state index contributed by atoms with van der Waals surface area (Å²) in [6, 6.07) is 0. The summed E-state index contributed by atoms with van der Waals surface area (Å²) >= 11 is 10.1. The molecule has 0 amide bonds. The second kappa shape index (κ2) is 17.0. The normalized spacial score (nSPS) is 5.00. The van der Waals surface area contributed by atoms with Crippen molar-refractivity contribution >= 4 is 35.6 Å². The Kier molecular flexibility index (Phi) is 44.8. The smallest absolute Gasteiger partial charge is 0.0359 e. The molecule has 0 aromatic carbocycles. The zero-order chi connectivity index (χ0) is 3.41. The molecule has 0 saturated carbocycles. The minimum atomic E-state index is 0. The van der Waals surface area contributed by atoms with Gasteiger partial charge in [-0.3, -0.25) is 0 Å². The Morgan fingerprint density at radius 3 is 1.17 bits per heavy atom. The first-order valence-electron chi connectivity index (χ1n) is 1.03. The van der Waals surface area contributed by atoms with Crippen molar-refractivity contribution in [2.45, 2.75) is 0 Å². The first-order valence-corrected chi connectivity index (χ1v) is 2.10. The third-order valence-corrected chi connectivity index (χ3v) is 0.643. The van der Waals surface area contributed by atoms with Gasteiger partial charge in [-0.05, 0) is 0 Å². The third kappa shape index (κ3) is 21.2. The molecule has 3 N–H and O–H groups in total. The molecule has 0 aromatic heterocycles. The van der Waals surface area contributed by atoms with Gasteiger partial charge in [-0.15, -0.1) is 35.6 Å². The predicted octanol–water partition coefficient (Wildman–Crippen LogP) is 2.05. The van der Waals surface area contributed by atoms with Crippen molar-refractivity contribution in [1.29, 1.82) is 0 Å². The van der Waals surface area contributed by atoms with Gasteiger partial charge in [-0.25, -0.2) is 0 Å². The SMILES string of the molecule is Cl.ClCCCl.N. The Morgan fingerprint density at radius 2 is 1.17 bits per heavy atom. The van der Waals surface area contributed by atoms with Gasteiger partial charge < -0.3 is 6.15 Å². The van der Waals surface area contributed by atoms with Crippen LogP contribution in [0.5, 0.6) is 0 Å². The van der Waals surface area contributed by atoms with E-state index in [1.165, 1.54) is 0 Å². The molecule has 0 unspecified atom stereocenters. The summed E-state index contributed by atoms with van der Waals surface area (Å²) in [5.74, 6) is 1.11. The van der Waals surface area contributed by atoms with Crippen molar-refractivity contribution in [1.82, 2.24) is 6.15 Å². The van der Waals surface area contributed by atoms with E-state index in [0.29, 0.717) is 11.8 Å². The van der Waals surface area contributed by atoms with E-state index in [-0.39, 0.29) is 18.6 Å². The highest BCUT2D eigenvalue weighted by Gasteiger charge is 1.61. The lowest BCUT2D eigenvalue weighted by Gasteiger charge is -1.63. The van der Waals surface area contributed by atoms with Crippen LogP contribution in [0.3, 0.4) is 0 Å². The molecule has 0 bridgehead atoms. The molecular formula is C2H8Cl3N. The van der Waals surface area contributed by atoms with Crippen LogP contribution in [0.2, 0.25) is 0 Å². The van der Waals surface area contributed by atoms with Crippen molar-refractivity contribution < 1.29 is 0 Å². The van der Waals surface area contributed by atoms with E-state index in [1.807, 2.05) is 0 Å². The molecule has 4 heteroatoms. The van der Waals surface area contributed by atoms with E-state index in [2.05, 4.69) is 0 Å². The zero-order valence-corrected chi connectivity index (χ0v) is 5.61. The number of rotatable bonds is 1. The van der Waals surface area contributed by atoms with Crippen molar-refractivity contribution in [3.05, 3.63) is 0 Å². The molecule has 42 valence electrons. The van der Waals surface area contributed by atoms with Crippen molar-refractivity contribution in [2.24, 2.45) is 0 Å². The van der Waals surface area contributed by atoms with Gasteiger partial charge in [0.2, 0.25) is 0 Å². The van der Waals surface area contributed by atoms with Crippen LogP contribution in [0, 0.1) is 0 Å². The Morgan fingerprint density at radius 1 is 1.00 bits per heavy atom. The summed E-state index contributed by atoms with van der Waals surface area (Å²) in [4.78, 5) is 0. The van der Waals surface area contributed by atoms with Crippen molar-refractivity contribution in [2.75, 3.05) is 11.8 Å². The summed E-state index contributed by atoms with van der Waals surface area (Å²) < 4.78 is 0. The Bertz CT molecular complexity index is 10.8. The summed E-state index contributed by atoms with van der Waals surface area (Å²) in [5, 5.41) is 0. The Hall–Kier alpha value is 0.830. The van der Waals surface area contributed by atoms with Crippen LogP contribution in [-0.2, 0) is 0 Å². The number of hydrogen-bond donors (Lipinski definition) is 1. The van der Waals surface area contributed by atoms with Gasteiger partial charge in [-0.1, -0.05) is 0 Å². The largest absolute Gasteiger partial charge is 0.344 e. The molecular weight excluding hydrogens is 144 g/mol. The third-order valence-electron chi connectivity index (χ3n) is 0.0714. The van der Waals surface area contributed by atoms with Crippen LogP contribution >= 0.6 is 35.6 Å². The highest BCUT2D eigenvalue weighted by atomic mass is 35.5. The minimum Gasteiger partial charge on any atom is -0.344 e. The predicted molar refractivity (Wildman–Crippen MR) is 33.7 cm³/mol. The van der Waals surface area contributed by atoms with Crippen LogP contribution in [-0.4, -0.2) is 11.8 Å². The van der Waals surface area contributed by atoms with Crippen LogP contribution in [0.25, 0.3) is 0 Å². The molecule has 0 saturated heterocycles. The van der Waals surface area contributed by atoms with E-state index in [4.69, 9.17) is 23.2 Å². The van der Waals surface area contributed by atoms with Gasteiger partial charge in [0.05, 0.1) is 0 Å². The van der Waals surface area contributed by atoms with Crippen molar-refractivity contribution in [3.63, 3.8) is 0 Å². The fourth-order valence-electron chi connectivity index (χ4n) is 0. The molecule has 0 aliphatic carbocycles. The van der Waals surface area contributed by atoms with E-state index in [1.54, 1.807) is 0 Å². The van der Waals surface area contributed by atoms with Gasteiger partial charge in [0.25, 0.3) is 0 Å². The molecule has 0 atom stereocenters. The lowest BCUT2D eigenvalue weighted by atomic mass is 11.0. The average Bonchev–Trinajstić information content (AvgIpc) is 1.37. The highest BCUT2D eigenvalue weighted by molar-refractivity contribution is 6.25. The summed E-state index contributed by atoms with van der Waals surface area (Å²) in [6.45, 7) is 0. The maximum Gasteiger partial charge on any atom is 0.0359 e. The van der Waals surface area contributed by atoms with Crippen LogP contribution in [0.15, 0.2) is 0 Å². The van der Waals surface area contributed by atoms with E-state index in [0.717, 1.165) is 0 Å². The second-order valence-electron chi connectivity index (χ2n) is 0.378. The number of halogens is 3. The van der Waals surface area contributed by atoms with Gasteiger partial charge in [0.15, 0.2) is 0 Å². The van der Waals surface area contributed by atoms with Gasteiger partial charge in [-0.2, -0.15) is 0 Å². The molecule has 0 rings (SSSR count). The quantitative estimate of drug-likeness (QED) is 0.574. The monoisotopic (exact) mass is 151 g/mol.